The second-order valence-electron chi connectivity index (χ2n) is 6.37. The second-order valence-corrected chi connectivity index (χ2v) is 6.37. The van der Waals surface area contributed by atoms with E-state index >= 15 is 0 Å². The Hall–Kier alpha value is -1.10. The minimum atomic E-state index is -0.789. The van der Waals surface area contributed by atoms with Crippen molar-refractivity contribution >= 4 is 11.9 Å². The number of carbonyl (C=O) groups is 2. The van der Waals surface area contributed by atoms with E-state index in [1.165, 1.54) is 0 Å². The zero-order valence-electron chi connectivity index (χ0n) is 13.7. The molecule has 0 aromatic rings. The van der Waals surface area contributed by atoms with Crippen molar-refractivity contribution in [2.75, 3.05) is 26.7 Å². The molecule has 0 spiro atoms. The Bertz CT molecular complexity index is 346. The summed E-state index contributed by atoms with van der Waals surface area (Å²) < 4.78 is 0. The summed E-state index contributed by atoms with van der Waals surface area (Å²) in [7, 11) is 1.86. The van der Waals surface area contributed by atoms with Gasteiger partial charge in [-0.2, -0.15) is 0 Å². The van der Waals surface area contributed by atoms with Gasteiger partial charge in [-0.25, -0.2) is 0 Å². The fourth-order valence-electron chi connectivity index (χ4n) is 3.13. The Kier molecular flexibility index (Phi) is 7.72. The van der Waals surface area contributed by atoms with Crippen LogP contribution >= 0.6 is 0 Å². The quantitative estimate of drug-likeness (QED) is 0.783. The molecule has 1 aliphatic rings. The summed E-state index contributed by atoms with van der Waals surface area (Å²) in [4.78, 5) is 27.0. The molecule has 1 fully saturated rings. The molecule has 0 aromatic heterocycles. The molecule has 1 saturated heterocycles. The highest BCUT2D eigenvalue weighted by molar-refractivity contribution is 5.76. The number of carboxylic acid groups (broad SMARTS) is 1. The first-order chi connectivity index (χ1) is 9.93. The lowest BCUT2D eigenvalue weighted by Gasteiger charge is -2.26. The van der Waals surface area contributed by atoms with Crippen molar-refractivity contribution in [1.29, 1.82) is 0 Å². The van der Waals surface area contributed by atoms with Crippen molar-refractivity contribution < 1.29 is 14.7 Å². The third kappa shape index (κ3) is 6.46. The minimum Gasteiger partial charge on any atom is -0.480 e. The van der Waals surface area contributed by atoms with Crippen molar-refractivity contribution in [1.82, 2.24) is 9.80 Å². The molecule has 0 bridgehead atoms. The Labute approximate surface area is 128 Å². The first-order valence-corrected chi connectivity index (χ1v) is 8.13. The number of rotatable bonds is 7. The van der Waals surface area contributed by atoms with Crippen molar-refractivity contribution in [3.8, 4) is 0 Å². The zero-order valence-corrected chi connectivity index (χ0v) is 13.7. The fraction of sp³-hybridized carbons (Fsp3) is 0.875. The molecular formula is C16H30N2O3. The molecule has 0 aliphatic carbocycles. The van der Waals surface area contributed by atoms with E-state index in [-0.39, 0.29) is 18.5 Å². The summed E-state index contributed by atoms with van der Waals surface area (Å²) in [6, 6.07) is 0.270. The molecule has 0 saturated carbocycles. The predicted molar refractivity (Wildman–Crippen MR) is 83.2 cm³/mol. The SMILES string of the molecule is CCCC(C)CC(=O)N1CCCC(N(C)CC(=O)O)CC1. The molecule has 2 unspecified atom stereocenters. The lowest BCUT2D eigenvalue weighted by atomic mass is 10.0. The van der Waals surface area contributed by atoms with Gasteiger partial charge in [-0.15, -0.1) is 0 Å². The van der Waals surface area contributed by atoms with Crippen LogP contribution in [0.1, 0.15) is 52.4 Å². The van der Waals surface area contributed by atoms with Crippen LogP contribution in [0.3, 0.4) is 0 Å². The monoisotopic (exact) mass is 298 g/mol. The van der Waals surface area contributed by atoms with Crippen LogP contribution in [0.25, 0.3) is 0 Å². The van der Waals surface area contributed by atoms with Crippen LogP contribution in [-0.2, 0) is 9.59 Å². The fourth-order valence-corrected chi connectivity index (χ4v) is 3.13. The summed E-state index contributed by atoms with van der Waals surface area (Å²) in [5, 5.41) is 8.87. The van der Waals surface area contributed by atoms with Gasteiger partial charge in [-0.3, -0.25) is 14.5 Å². The maximum Gasteiger partial charge on any atom is 0.317 e. The van der Waals surface area contributed by atoms with E-state index in [2.05, 4.69) is 13.8 Å². The molecule has 1 N–H and O–H groups in total. The molecule has 21 heavy (non-hydrogen) atoms. The Morgan fingerprint density at radius 2 is 2.05 bits per heavy atom. The van der Waals surface area contributed by atoms with E-state index in [0.717, 1.165) is 45.2 Å². The normalized spacial score (nSPS) is 21.1. The van der Waals surface area contributed by atoms with Crippen molar-refractivity contribution in [3.63, 3.8) is 0 Å². The number of likely N-dealkylation sites (N-methyl/N-ethyl adjacent to an activating group) is 1. The molecule has 122 valence electrons. The van der Waals surface area contributed by atoms with Crippen LogP contribution in [0.4, 0.5) is 0 Å². The lowest BCUT2D eigenvalue weighted by Crippen LogP contribution is -2.37. The minimum absolute atomic E-state index is 0.0755. The summed E-state index contributed by atoms with van der Waals surface area (Å²) in [5.74, 6) is -0.0724. The van der Waals surface area contributed by atoms with Crippen molar-refractivity contribution in [2.45, 2.75) is 58.4 Å². The van der Waals surface area contributed by atoms with E-state index < -0.39 is 5.97 Å². The number of aliphatic carboxylic acids is 1. The highest BCUT2D eigenvalue weighted by Crippen LogP contribution is 2.18. The van der Waals surface area contributed by atoms with Gasteiger partial charge < -0.3 is 10.0 Å². The maximum atomic E-state index is 12.3. The molecule has 2 atom stereocenters. The number of hydrogen-bond acceptors (Lipinski definition) is 3. The van der Waals surface area contributed by atoms with Gasteiger partial charge in [0.25, 0.3) is 0 Å². The van der Waals surface area contributed by atoms with Gasteiger partial charge in [0.05, 0.1) is 6.54 Å². The van der Waals surface area contributed by atoms with Crippen LogP contribution in [-0.4, -0.2) is 59.5 Å². The highest BCUT2D eigenvalue weighted by Gasteiger charge is 2.24. The number of hydrogen-bond donors (Lipinski definition) is 1. The molecule has 1 heterocycles. The second kappa shape index (κ2) is 9.03. The van der Waals surface area contributed by atoms with E-state index in [0.29, 0.717) is 12.3 Å². The average Bonchev–Trinajstić information content (AvgIpc) is 2.63. The summed E-state index contributed by atoms with van der Waals surface area (Å²) in [6.45, 7) is 5.94. The molecule has 1 rings (SSSR count). The molecule has 0 aromatic carbocycles. The van der Waals surface area contributed by atoms with Crippen LogP contribution in [0.2, 0.25) is 0 Å². The van der Waals surface area contributed by atoms with E-state index in [4.69, 9.17) is 5.11 Å². The van der Waals surface area contributed by atoms with Crippen molar-refractivity contribution in [3.05, 3.63) is 0 Å². The van der Waals surface area contributed by atoms with Gasteiger partial charge in [0, 0.05) is 25.6 Å². The van der Waals surface area contributed by atoms with Crippen LogP contribution in [0, 0.1) is 5.92 Å². The zero-order chi connectivity index (χ0) is 15.8. The molecule has 0 radical (unpaired) electrons. The number of carboxylic acids is 1. The molecule has 1 amide bonds. The van der Waals surface area contributed by atoms with E-state index in [9.17, 15) is 9.59 Å². The van der Waals surface area contributed by atoms with Gasteiger partial charge in [-0.1, -0.05) is 26.7 Å². The predicted octanol–water partition coefficient (Wildman–Crippen LogP) is 2.21. The van der Waals surface area contributed by atoms with Crippen LogP contribution in [0.15, 0.2) is 0 Å². The first-order valence-electron chi connectivity index (χ1n) is 8.13. The maximum absolute atomic E-state index is 12.3. The smallest absolute Gasteiger partial charge is 0.317 e. The van der Waals surface area contributed by atoms with Gasteiger partial charge in [0.1, 0.15) is 0 Å². The third-order valence-electron chi connectivity index (χ3n) is 4.36. The Balaban J connectivity index is 2.44. The van der Waals surface area contributed by atoms with Crippen LogP contribution < -0.4 is 0 Å². The summed E-state index contributed by atoms with van der Waals surface area (Å²) >= 11 is 0. The van der Waals surface area contributed by atoms with Crippen LogP contribution in [0.5, 0.6) is 0 Å². The van der Waals surface area contributed by atoms with Gasteiger partial charge >= 0.3 is 5.97 Å². The van der Waals surface area contributed by atoms with Gasteiger partial charge in [0.15, 0.2) is 0 Å². The average molecular weight is 298 g/mol. The van der Waals surface area contributed by atoms with Crippen molar-refractivity contribution in [2.24, 2.45) is 5.92 Å². The molecule has 1 aliphatic heterocycles. The lowest BCUT2D eigenvalue weighted by molar-refractivity contribution is -0.138. The summed E-state index contributed by atoms with van der Waals surface area (Å²) in [6.07, 6.45) is 5.67. The number of amides is 1. The van der Waals surface area contributed by atoms with Gasteiger partial charge in [-0.05, 0) is 32.2 Å². The molecular weight excluding hydrogens is 268 g/mol. The van der Waals surface area contributed by atoms with E-state index in [1.54, 1.807) is 0 Å². The summed E-state index contributed by atoms with van der Waals surface area (Å²) in [5.41, 5.74) is 0. The largest absolute Gasteiger partial charge is 0.480 e. The Morgan fingerprint density at radius 3 is 2.67 bits per heavy atom. The highest BCUT2D eigenvalue weighted by atomic mass is 16.4. The molecule has 5 heteroatoms. The van der Waals surface area contributed by atoms with E-state index in [1.807, 2.05) is 16.8 Å². The number of likely N-dealkylation sites (tertiary alicyclic amines) is 1. The third-order valence-corrected chi connectivity index (χ3v) is 4.36. The number of nitrogens with zero attached hydrogens (tertiary/aromatic N) is 2. The first kappa shape index (κ1) is 18.0. The standard InChI is InChI=1S/C16H30N2O3/c1-4-6-13(2)11-15(19)18-9-5-7-14(8-10-18)17(3)12-16(20)21/h13-14H,4-12H2,1-3H3,(H,20,21). The number of carbonyl (C=O) groups excluding carboxylic acids is 1. The Morgan fingerprint density at radius 1 is 1.33 bits per heavy atom. The van der Waals surface area contributed by atoms with Gasteiger partial charge in [0.2, 0.25) is 5.91 Å². The topological polar surface area (TPSA) is 60.9 Å². The molecule has 5 nitrogen and oxygen atoms in total.